The number of unbranched alkanes of at least 4 members (excludes halogenated alkanes) is 3. The van der Waals surface area contributed by atoms with Crippen LogP contribution in [0.5, 0.6) is 5.75 Å². The van der Waals surface area contributed by atoms with Gasteiger partial charge >= 0.3 is 0 Å². The lowest BCUT2D eigenvalue weighted by Gasteiger charge is -2.20. The van der Waals surface area contributed by atoms with Crippen molar-refractivity contribution in [3.05, 3.63) is 29.3 Å². The lowest BCUT2D eigenvalue weighted by molar-refractivity contribution is 0.330. The molecule has 2 nitrogen and oxygen atoms in total. The van der Waals surface area contributed by atoms with Crippen LogP contribution in [0.15, 0.2) is 18.2 Å². The zero-order valence-electron chi connectivity index (χ0n) is 13.0. The van der Waals surface area contributed by atoms with Crippen molar-refractivity contribution in [1.82, 2.24) is 5.32 Å². The van der Waals surface area contributed by atoms with Crippen LogP contribution in [0.1, 0.15) is 63.1 Å². The highest BCUT2D eigenvalue weighted by molar-refractivity contribution is 5.39. The molecule has 0 bridgehead atoms. The summed E-state index contributed by atoms with van der Waals surface area (Å²) in [6, 6.07) is 6.88. The summed E-state index contributed by atoms with van der Waals surface area (Å²) in [5.74, 6) is 1.03. The molecule has 108 valence electrons. The minimum atomic E-state index is 0.401. The molecule has 1 aromatic carbocycles. The molecule has 1 atom stereocenters. The average molecular weight is 263 g/mol. The van der Waals surface area contributed by atoms with Gasteiger partial charge in [0.2, 0.25) is 0 Å². The summed E-state index contributed by atoms with van der Waals surface area (Å²) in [5.41, 5.74) is 2.60. The number of rotatable bonds is 9. The van der Waals surface area contributed by atoms with Gasteiger partial charge in [0.05, 0.1) is 6.61 Å². The molecule has 1 aromatic rings. The monoisotopic (exact) mass is 263 g/mol. The van der Waals surface area contributed by atoms with E-state index in [-0.39, 0.29) is 0 Å². The Kier molecular flexibility index (Phi) is 7.57. The smallest absolute Gasteiger partial charge is 0.124 e. The normalized spacial score (nSPS) is 12.4. The first-order valence-corrected chi connectivity index (χ1v) is 7.63. The van der Waals surface area contributed by atoms with Crippen molar-refractivity contribution in [2.45, 2.75) is 58.9 Å². The Balaban J connectivity index is 2.74. The van der Waals surface area contributed by atoms with E-state index in [1.807, 2.05) is 14.0 Å². The van der Waals surface area contributed by atoms with Crippen LogP contribution in [0.4, 0.5) is 0 Å². The maximum atomic E-state index is 5.76. The van der Waals surface area contributed by atoms with Crippen molar-refractivity contribution in [2.24, 2.45) is 0 Å². The summed E-state index contributed by atoms with van der Waals surface area (Å²) in [6.45, 7) is 7.16. The van der Waals surface area contributed by atoms with Crippen LogP contribution in [0.25, 0.3) is 0 Å². The second kappa shape index (κ2) is 8.98. The van der Waals surface area contributed by atoms with Crippen molar-refractivity contribution in [1.29, 1.82) is 0 Å². The van der Waals surface area contributed by atoms with Crippen LogP contribution in [0, 0.1) is 6.92 Å². The largest absolute Gasteiger partial charge is 0.494 e. The molecule has 19 heavy (non-hydrogen) atoms. The predicted octanol–water partition coefficient (Wildman–Crippen LogP) is 4.62. The van der Waals surface area contributed by atoms with E-state index in [1.165, 1.54) is 43.2 Å². The summed E-state index contributed by atoms with van der Waals surface area (Å²) >= 11 is 0. The van der Waals surface area contributed by atoms with Gasteiger partial charge in [-0.25, -0.2) is 0 Å². The van der Waals surface area contributed by atoms with Crippen molar-refractivity contribution >= 4 is 0 Å². The predicted molar refractivity (Wildman–Crippen MR) is 82.9 cm³/mol. The van der Waals surface area contributed by atoms with E-state index in [0.717, 1.165) is 12.4 Å². The molecule has 0 radical (unpaired) electrons. The third kappa shape index (κ3) is 5.23. The molecule has 0 saturated carbocycles. The highest BCUT2D eigenvalue weighted by Gasteiger charge is 2.14. The molecule has 0 aromatic heterocycles. The summed E-state index contributed by atoms with van der Waals surface area (Å²) in [6.07, 6.45) is 6.41. The highest BCUT2D eigenvalue weighted by Crippen LogP contribution is 2.29. The number of aryl methyl sites for hydroxylation is 1. The van der Waals surface area contributed by atoms with E-state index < -0.39 is 0 Å². The minimum absolute atomic E-state index is 0.401. The number of benzene rings is 1. The van der Waals surface area contributed by atoms with E-state index in [9.17, 15) is 0 Å². The molecule has 0 aliphatic rings. The lowest BCUT2D eigenvalue weighted by atomic mass is 9.97. The molecule has 0 amide bonds. The van der Waals surface area contributed by atoms with E-state index in [0.29, 0.717) is 6.04 Å². The number of ether oxygens (including phenoxy) is 1. The van der Waals surface area contributed by atoms with E-state index in [1.54, 1.807) is 0 Å². The van der Waals surface area contributed by atoms with E-state index in [2.05, 4.69) is 37.4 Å². The van der Waals surface area contributed by atoms with Crippen LogP contribution in [-0.2, 0) is 0 Å². The second-order valence-corrected chi connectivity index (χ2v) is 5.16. The molecule has 0 heterocycles. The van der Waals surface area contributed by atoms with Gasteiger partial charge in [0.1, 0.15) is 5.75 Å². The molecule has 0 fully saturated rings. The van der Waals surface area contributed by atoms with Gasteiger partial charge in [-0.1, -0.05) is 50.3 Å². The van der Waals surface area contributed by atoms with Gasteiger partial charge in [0.15, 0.2) is 0 Å². The van der Waals surface area contributed by atoms with Gasteiger partial charge in [-0.3, -0.25) is 0 Å². The number of nitrogens with one attached hydrogen (secondary N) is 1. The van der Waals surface area contributed by atoms with E-state index >= 15 is 0 Å². The fraction of sp³-hybridized carbons (Fsp3) is 0.647. The van der Waals surface area contributed by atoms with Crippen molar-refractivity contribution in [2.75, 3.05) is 13.7 Å². The lowest BCUT2D eigenvalue weighted by Crippen LogP contribution is -2.17. The molecule has 0 aliphatic carbocycles. The molecular weight excluding hydrogens is 234 g/mol. The third-order valence-electron chi connectivity index (χ3n) is 3.54. The molecule has 1 N–H and O–H groups in total. The molecule has 1 rings (SSSR count). The van der Waals surface area contributed by atoms with Crippen molar-refractivity contribution in [3.8, 4) is 5.75 Å². The quantitative estimate of drug-likeness (QED) is 0.656. The Morgan fingerprint density at radius 2 is 1.95 bits per heavy atom. The summed E-state index contributed by atoms with van der Waals surface area (Å²) in [7, 11) is 2.04. The second-order valence-electron chi connectivity index (χ2n) is 5.16. The maximum absolute atomic E-state index is 5.76. The third-order valence-corrected chi connectivity index (χ3v) is 3.54. The summed E-state index contributed by atoms with van der Waals surface area (Å²) < 4.78 is 5.76. The summed E-state index contributed by atoms with van der Waals surface area (Å²) in [4.78, 5) is 0. The number of hydrogen-bond acceptors (Lipinski definition) is 2. The van der Waals surface area contributed by atoms with Crippen molar-refractivity contribution < 1.29 is 4.74 Å². The molecular formula is C17H29NO. The van der Waals surface area contributed by atoms with Gasteiger partial charge in [-0.05, 0) is 33.4 Å². The van der Waals surface area contributed by atoms with Gasteiger partial charge in [0.25, 0.3) is 0 Å². The van der Waals surface area contributed by atoms with Crippen molar-refractivity contribution in [3.63, 3.8) is 0 Å². The Labute approximate surface area is 118 Å². The van der Waals surface area contributed by atoms with Crippen LogP contribution < -0.4 is 10.1 Å². The number of hydrogen-bond donors (Lipinski definition) is 1. The van der Waals surface area contributed by atoms with Crippen LogP contribution in [-0.4, -0.2) is 13.7 Å². The molecule has 2 heteroatoms. The first kappa shape index (κ1) is 16.0. The highest BCUT2D eigenvalue weighted by atomic mass is 16.5. The van der Waals surface area contributed by atoms with Gasteiger partial charge in [-0.2, -0.15) is 0 Å². The SMILES string of the molecule is CCCCCCC(NC)c1cc(C)ccc1OCC. The minimum Gasteiger partial charge on any atom is -0.494 e. The Morgan fingerprint density at radius 3 is 2.58 bits per heavy atom. The van der Waals surface area contributed by atoms with Gasteiger partial charge < -0.3 is 10.1 Å². The van der Waals surface area contributed by atoms with Crippen LogP contribution >= 0.6 is 0 Å². The summed E-state index contributed by atoms with van der Waals surface area (Å²) in [5, 5.41) is 3.44. The Hall–Kier alpha value is -1.02. The van der Waals surface area contributed by atoms with E-state index in [4.69, 9.17) is 4.74 Å². The molecule has 0 spiro atoms. The molecule has 1 unspecified atom stereocenters. The topological polar surface area (TPSA) is 21.3 Å². The molecule has 0 saturated heterocycles. The Bertz CT molecular complexity index is 362. The van der Waals surface area contributed by atoms with Gasteiger partial charge in [0, 0.05) is 11.6 Å². The first-order chi connectivity index (χ1) is 9.22. The fourth-order valence-corrected chi connectivity index (χ4v) is 2.46. The maximum Gasteiger partial charge on any atom is 0.124 e. The molecule has 0 aliphatic heterocycles. The first-order valence-electron chi connectivity index (χ1n) is 7.63. The zero-order chi connectivity index (χ0) is 14.1. The Morgan fingerprint density at radius 1 is 1.16 bits per heavy atom. The van der Waals surface area contributed by atoms with Crippen LogP contribution in [0.2, 0.25) is 0 Å². The zero-order valence-corrected chi connectivity index (χ0v) is 13.0. The van der Waals surface area contributed by atoms with Gasteiger partial charge in [-0.15, -0.1) is 0 Å². The fourth-order valence-electron chi connectivity index (χ4n) is 2.46. The van der Waals surface area contributed by atoms with Crippen LogP contribution in [0.3, 0.4) is 0 Å². The standard InChI is InChI=1S/C17H29NO/c1-5-7-8-9-10-16(18-4)15-13-14(3)11-12-17(15)19-6-2/h11-13,16,18H,5-10H2,1-4H3. The average Bonchev–Trinajstić information content (AvgIpc) is 2.41.